The summed E-state index contributed by atoms with van der Waals surface area (Å²) in [4.78, 5) is 3.25. The number of hydrogen-bond donors (Lipinski definition) is 1. The van der Waals surface area contributed by atoms with Gasteiger partial charge in [0.15, 0.2) is 0 Å². The number of aromatic hydroxyl groups is 1. The summed E-state index contributed by atoms with van der Waals surface area (Å²) in [5.41, 5.74) is 1.06. The van der Waals surface area contributed by atoms with Gasteiger partial charge in [-0.05, 0) is 23.6 Å². The van der Waals surface area contributed by atoms with Crippen LogP contribution in [-0.4, -0.2) is 18.0 Å². The van der Waals surface area contributed by atoms with Crippen molar-refractivity contribution in [2.75, 3.05) is 0 Å². The minimum absolute atomic E-state index is 0. The molecule has 1 N–H and O–H groups in total. The first-order valence-corrected chi connectivity index (χ1v) is 11.6. The molecule has 1 aliphatic rings. The van der Waals surface area contributed by atoms with Crippen LogP contribution in [0.1, 0.15) is 32.8 Å². The number of hydrogen-bond acceptors (Lipinski definition) is 1. The van der Waals surface area contributed by atoms with Gasteiger partial charge in [-0.15, -0.1) is 31.2 Å². The molecule has 0 atom stereocenters. The normalized spacial score (nSPS) is 12.0. The average molecular weight is 422 g/mol. The van der Waals surface area contributed by atoms with E-state index in [0.717, 1.165) is 12.0 Å². The average Bonchev–Trinajstić information content (AvgIpc) is 3.02. The third-order valence-corrected chi connectivity index (χ3v) is 10.1. The van der Waals surface area contributed by atoms with E-state index in [9.17, 15) is 5.11 Å². The summed E-state index contributed by atoms with van der Waals surface area (Å²) in [5.74, 6) is 0.428. The Bertz CT molecular complexity index is 525. The third-order valence-electron chi connectivity index (χ3n) is 4.44. The molecule has 0 fully saturated rings. The molecule has 0 aliphatic heterocycles. The molecular formula is C19H31Cl2OSiTi. The van der Waals surface area contributed by atoms with E-state index < -0.39 is 8.07 Å². The Kier molecular flexibility index (Phi) is 15.7. The van der Waals surface area contributed by atoms with Crippen LogP contribution in [0.25, 0.3) is 0 Å². The van der Waals surface area contributed by atoms with E-state index in [1.54, 1.807) is 26.0 Å². The zero-order valence-corrected chi connectivity index (χ0v) is 19.8. The predicted octanol–water partition coefficient (Wildman–Crippen LogP) is 5.53. The maximum absolute atomic E-state index is 9.75. The molecule has 0 heterocycles. The van der Waals surface area contributed by atoms with Crippen molar-refractivity contribution in [2.45, 2.75) is 52.2 Å². The van der Waals surface area contributed by atoms with E-state index >= 15 is 0 Å². The van der Waals surface area contributed by atoms with Crippen molar-refractivity contribution in [1.29, 1.82) is 0 Å². The number of phenolic OH excluding ortho intramolecular Hbond substituents is 1. The summed E-state index contributed by atoms with van der Waals surface area (Å²) in [6.07, 6.45) is 10.0. The summed E-state index contributed by atoms with van der Waals surface area (Å²) in [6, 6.07) is 5.90. The molecule has 0 spiro atoms. The van der Waals surface area contributed by atoms with Crippen LogP contribution >= 0.6 is 24.8 Å². The molecule has 1 aromatic carbocycles. The Balaban J connectivity index is -0.000000415. The van der Waals surface area contributed by atoms with Crippen LogP contribution in [0, 0.1) is 13.0 Å². The molecule has 0 amide bonds. The second-order valence-electron chi connectivity index (χ2n) is 6.83. The molecule has 1 aromatic rings. The standard InChI is InChI=1S/C13H22OSi.C5H5.CH2.2ClH.Ti/c1-10-11(14)8-7-9-12(10)15(5,6)13(2,3)4;1-2-4-5-3-1;;;;/h7-9,14H,1-6H3;1-3H,4H2;1H2;2*1H;/q;-1;;;;+1. The minimum atomic E-state index is -1.52. The second-order valence-corrected chi connectivity index (χ2v) is 12.1. The summed E-state index contributed by atoms with van der Waals surface area (Å²) < 4.78 is 0. The van der Waals surface area contributed by atoms with Gasteiger partial charge < -0.3 is 5.11 Å². The molecule has 135 valence electrons. The zero-order chi connectivity index (χ0) is 17.4. The number of phenols is 1. The van der Waals surface area contributed by atoms with Crippen LogP contribution in [0.2, 0.25) is 18.1 Å². The molecule has 1 nitrogen and oxygen atoms in total. The van der Waals surface area contributed by atoms with E-state index in [0.29, 0.717) is 10.8 Å². The van der Waals surface area contributed by atoms with Crippen LogP contribution in [-0.2, 0) is 20.0 Å². The molecule has 0 saturated heterocycles. The Morgan fingerprint density at radius 2 is 1.71 bits per heavy atom. The van der Waals surface area contributed by atoms with Gasteiger partial charge in [-0.3, -0.25) is 6.08 Å². The molecule has 24 heavy (non-hydrogen) atoms. The molecule has 1 aliphatic carbocycles. The summed E-state index contributed by atoms with van der Waals surface area (Å²) in [6.45, 7) is 13.6. The monoisotopic (exact) mass is 421 g/mol. The van der Waals surface area contributed by atoms with Gasteiger partial charge in [0.1, 0.15) is 5.75 Å². The van der Waals surface area contributed by atoms with Gasteiger partial charge in [-0.1, -0.05) is 51.2 Å². The van der Waals surface area contributed by atoms with Crippen molar-refractivity contribution in [3.63, 3.8) is 0 Å². The number of allylic oxidation sites excluding steroid dienone is 4. The van der Waals surface area contributed by atoms with Gasteiger partial charge in [0, 0.05) is 0 Å². The van der Waals surface area contributed by atoms with Crippen molar-refractivity contribution in [1.82, 2.24) is 0 Å². The molecule has 0 radical (unpaired) electrons. The molecule has 2 rings (SSSR count). The first-order chi connectivity index (χ1) is 10.2. The second kappa shape index (κ2) is 13.1. The fourth-order valence-electron chi connectivity index (χ4n) is 2.04. The Hall–Kier alpha value is -0.119. The third kappa shape index (κ3) is 8.31. The van der Waals surface area contributed by atoms with Gasteiger partial charge in [-0.25, -0.2) is 12.2 Å². The summed E-state index contributed by atoms with van der Waals surface area (Å²) in [5, 5.41) is 11.4. The zero-order valence-electron chi connectivity index (χ0n) is 15.6. The van der Waals surface area contributed by atoms with E-state index in [4.69, 9.17) is 0 Å². The van der Waals surface area contributed by atoms with Gasteiger partial charge >= 0.3 is 24.8 Å². The quantitative estimate of drug-likeness (QED) is 0.466. The molecule has 5 heteroatoms. The van der Waals surface area contributed by atoms with E-state index in [-0.39, 0.29) is 24.8 Å². The number of rotatable bonds is 1. The molecule has 0 bridgehead atoms. The van der Waals surface area contributed by atoms with Crippen LogP contribution in [0.5, 0.6) is 5.75 Å². The number of halogens is 2. The van der Waals surface area contributed by atoms with Gasteiger partial charge in [0.25, 0.3) is 0 Å². The first-order valence-electron chi connectivity index (χ1n) is 7.54. The van der Waals surface area contributed by atoms with Crippen LogP contribution < -0.4 is 5.19 Å². The maximum atomic E-state index is 9.75. The van der Waals surface area contributed by atoms with Gasteiger partial charge in [0.2, 0.25) is 0 Å². The SMILES string of the molecule is Cc1c(O)cccc1[Si](C)(C)C(C)(C)C.Cl.Cl.[C-]1=CC=CC1.[CH2]=[Ti+]. The van der Waals surface area contributed by atoms with Crippen LogP contribution in [0.15, 0.2) is 36.4 Å². The molecule has 0 unspecified atom stereocenters. The Labute approximate surface area is 173 Å². The topological polar surface area (TPSA) is 20.2 Å². The van der Waals surface area contributed by atoms with Crippen LogP contribution in [0.3, 0.4) is 0 Å². The van der Waals surface area contributed by atoms with E-state index in [1.165, 1.54) is 5.19 Å². The van der Waals surface area contributed by atoms with Gasteiger partial charge in [0.05, 0.1) is 8.07 Å². The van der Waals surface area contributed by atoms with Crippen molar-refractivity contribution in [2.24, 2.45) is 0 Å². The van der Waals surface area contributed by atoms with Crippen molar-refractivity contribution in [3.05, 3.63) is 48.1 Å². The van der Waals surface area contributed by atoms with E-state index in [2.05, 4.69) is 56.9 Å². The fourth-order valence-corrected chi connectivity index (χ4v) is 4.43. The molecule has 0 aromatic heterocycles. The fraction of sp³-hybridized carbons (Fsp3) is 0.421. The summed E-state index contributed by atoms with van der Waals surface area (Å²) >= 11 is 1.75. The Morgan fingerprint density at radius 1 is 1.17 bits per heavy atom. The van der Waals surface area contributed by atoms with Gasteiger partial charge in [-0.2, -0.15) is 6.08 Å². The molecule has 0 saturated carbocycles. The first kappa shape index (κ1) is 28.7. The number of benzene rings is 1. The van der Waals surface area contributed by atoms with Crippen LogP contribution in [0.4, 0.5) is 0 Å². The van der Waals surface area contributed by atoms with Crippen molar-refractivity contribution in [3.8, 4) is 5.75 Å². The van der Waals surface area contributed by atoms with Crippen molar-refractivity contribution < 1.29 is 25.1 Å². The predicted molar refractivity (Wildman–Crippen MR) is 113 cm³/mol. The van der Waals surface area contributed by atoms with Crippen molar-refractivity contribution >= 4 is 42.9 Å². The van der Waals surface area contributed by atoms with E-state index in [1.807, 2.05) is 25.1 Å². The Morgan fingerprint density at radius 3 is 2.04 bits per heavy atom. The molecular weight excluding hydrogens is 391 g/mol. The summed E-state index contributed by atoms with van der Waals surface area (Å²) in [7, 11) is -1.52.